The van der Waals surface area contributed by atoms with E-state index in [0.717, 1.165) is 43.4 Å². The Bertz CT molecular complexity index is 1440. The summed E-state index contributed by atoms with van der Waals surface area (Å²) in [4.78, 5) is 18.2. The Hall–Kier alpha value is -3.26. The van der Waals surface area contributed by atoms with Crippen LogP contribution in [0.3, 0.4) is 0 Å². The summed E-state index contributed by atoms with van der Waals surface area (Å²) in [7, 11) is 1.65. The van der Waals surface area contributed by atoms with Crippen LogP contribution in [0, 0.1) is 16.7 Å². The number of carbonyl (C=O) groups is 1. The van der Waals surface area contributed by atoms with Crippen LogP contribution in [0.2, 0.25) is 0 Å². The van der Waals surface area contributed by atoms with Crippen LogP contribution in [-0.2, 0) is 20.9 Å². The van der Waals surface area contributed by atoms with Crippen molar-refractivity contribution < 1.29 is 23.2 Å². The number of fused-ring (bicyclic) bond motifs is 3. The molecule has 2 aromatic carbocycles. The van der Waals surface area contributed by atoms with Gasteiger partial charge in [-0.1, -0.05) is 29.4 Å². The summed E-state index contributed by atoms with van der Waals surface area (Å²) in [6, 6.07) is 15.2. The lowest BCUT2D eigenvalue weighted by Crippen LogP contribution is -2.68. The first-order chi connectivity index (χ1) is 19.4. The summed E-state index contributed by atoms with van der Waals surface area (Å²) in [6.07, 6.45) is 7.30. The molecule has 3 heterocycles. The smallest absolute Gasteiger partial charge is 0.257 e. The van der Waals surface area contributed by atoms with E-state index in [2.05, 4.69) is 15.5 Å². The summed E-state index contributed by atoms with van der Waals surface area (Å²) >= 11 is 0. The monoisotopic (exact) mass is 543 g/mol. The van der Waals surface area contributed by atoms with Crippen LogP contribution < -0.4 is 10.1 Å². The average Bonchev–Trinajstić information content (AvgIpc) is 3.68. The van der Waals surface area contributed by atoms with Crippen LogP contribution >= 0.6 is 0 Å². The first kappa shape index (κ1) is 24.5. The predicted molar refractivity (Wildman–Crippen MR) is 144 cm³/mol. The predicted octanol–water partition coefficient (Wildman–Crippen LogP) is 6.15. The lowest BCUT2D eigenvalue weighted by molar-refractivity contribution is -0.243. The van der Waals surface area contributed by atoms with Gasteiger partial charge in [0.05, 0.1) is 30.1 Å². The zero-order valence-electron chi connectivity index (χ0n) is 22.7. The van der Waals surface area contributed by atoms with Gasteiger partial charge in [-0.25, -0.2) is 4.39 Å². The van der Waals surface area contributed by atoms with Crippen molar-refractivity contribution in [3.63, 3.8) is 0 Å². The highest BCUT2D eigenvalue weighted by molar-refractivity contribution is 5.86. The standard InChI is InChI=1S/C32H34FN3O4/c1-38-25-9-7-23(8-10-25)31-13-11-30(12-14-31,19-39-31)32(33,35-28(37)29-16-20(17-29)18-29)24-4-2-3-22(15-24)27-34-26(36-40-27)21-5-6-21/h2-4,7-10,15,20-21H,5-6,11-14,16-19H2,1H3,(H,35,37). The van der Waals surface area contributed by atoms with Gasteiger partial charge in [-0.3, -0.25) is 4.79 Å². The third-order valence-corrected chi connectivity index (χ3v) is 10.7. The van der Waals surface area contributed by atoms with Gasteiger partial charge in [0.1, 0.15) is 5.75 Å². The fourth-order valence-electron chi connectivity index (χ4n) is 7.69. The highest BCUT2D eigenvalue weighted by atomic mass is 19.1. The van der Waals surface area contributed by atoms with Gasteiger partial charge in [0.25, 0.3) is 5.89 Å². The van der Waals surface area contributed by atoms with Crippen molar-refractivity contribution in [1.29, 1.82) is 0 Å². The van der Waals surface area contributed by atoms with Gasteiger partial charge in [-0.15, -0.1) is 0 Å². The van der Waals surface area contributed by atoms with Crippen LogP contribution in [0.25, 0.3) is 11.5 Å². The second-order valence-corrected chi connectivity index (χ2v) is 13.0. The van der Waals surface area contributed by atoms with E-state index >= 15 is 4.39 Å². The molecule has 0 radical (unpaired) electrons. The molecule has 7 fully saturated rings. The Morgan fingerprint density at radius 1 is 1.07 bits per heavy atom. The summed E-state index contributed by atoms with van der Waals surface area (Å²) in [5.41, 5.74) is 0.437. The fraction of sp³-hybridized carbons (Fsp3) is 0.531. The molecule has 4 bridgehead atoms. The first-order valence-corrected chi connectivity index (χ1v) is 14.6. The molecule has 1 atom stereocenters. The number of methoxy groups -OCH3 is 1. The number of carbonyl (C=O) groups excluding carboxylic acids is 1. The molecule has 7 aliphatic rings. The molecule has 208 valence electrons. The van der Waals surface area contributed by atoms with E-state index in [1.165, 1.54) is 0 Å². The number of aromatic nitrogens is 2. The molecule has 0 spiro atoms. The van der Waals surface area contributed by atoms with Crippen molar-refractivity contribution in [2.24, 2.45) is 16.7 Å². The molecular formula is C32H34FN3O4. The average molecular weight is 544 g/mol. The van der Waals surface area contributed by atoms with Gasteiger partial charge in [0.15, 0.2) is 5.82 Å². The van der Waals surface area contributed by atoms with Crippen LogP contribution in [0.1, 0.15) is 80.7 Å². The number of ether oxygens (including phenoxy) is 2. The maximum absolute atomic E-state index is 18.0. The van der Waals surface area contributed by atoms with Gasteiger partial charge in [-0.2, -0.15) is 4.98 Å². The van der Waals surface area contributed by atoms with Crippen molar-refractivity contribution in [2.45, 2.75) is 75.1 Å². The quantitative estimate of drug-likeness (QED) is 0.343. The van der Waals surface area contributed by atoms with Crippen LogP contribution in [0.15, 0.2) is 53.1 Å². The maximum atomic E-state index is 18.0. The number of hydrogen-bond donors (Lipinski definition) is 1. The molecule has 1 amide bonds. The van der Waals surface area contributed by atoms with Crippen LogP contribution in [0.4, 0.5) is 4.39 Å². The van der Waals surface area contributed by atoms with Gasteiger partial charge in [0, 0.05) is 17.0 Å². The number of halogens is 1. The Labute approximate surface area is 232 Å². The molecule has 1 N–H and O–H groups in total. The third kappa shape index (κ3) is 3.47. The second kappa shape index (κ2) is 8.38. The highest BCUT2D eigenvalue weighted by Gasteiger charge is 2.66. The molecule has 40 heavy (non-hydrogen) atoms. The van der Waals surface area contributed by atoms with Crippen molar-refractivity contribution in [2.75, 3.05) is 13.7 Å². The molecule has 10 rings (SSSR count). The molecule has 2 aliphatic heterocycles. The van der Waals surface area contributed by atoms with Gasteiger partial charge in [-0.05, 0) is 93.5 Å². The zero-order valence-corrected chi connectivity index (χ0v) is 22.7. The molecule has 1 aromatic heterocycles. The molecule has 5 saturated carbocycles. The van der Waals surface area contributed by atoms with E-state index in [0.29, 0.717) is 60.4 Å². The lowest BCUT2D eigenvalue weighted by Gasteiger charge is -2.62. The summed E-state index contributed by atoms with van der Waals surface area (Å²) in [6.45, 7) is 0.224. The Morgan fingerprint density at radius 3 is 2.42 bits per heavy atom. The molecule has 3 aromatic rings. The summed E-state index contributed by atoms with van der Waals surface area (Å²) < 4.78 is 35.5. The number of rotatable bonds is 8. The topological polar surface area (TPSA) is 86.5 Å². The number of nitrogens with zero attached hydrogens (tertiary/aromatic N) is 2. The molecule has 5 aliphatic carbocycles. The van der Waals surface area contributed by atoms with Gasteiger partial charge < -0.3 is 19.3 Å². The van der Waals surface area contributed by atoms with E-state index in [4.69, 9.17) is 14.0 Å². The van der Waals surface area contributed by atoms with Crippen molar-refractivity contribution >= 4 is 5.91 Å². The van der Waals surface area contributed by atoms with E-state index in [-0.39, 0.29) is 12.5 Å². The van der Waals surface area contributed by atoms with Crippen molar-refractivity contribution in [1.82, 2.24) is 15.5 Å². The first-order valence-electron chi connectivity index (χ1n) is 14.6. The number of alkyl halides is 1. The number of benzene rings is 2. The normalized spacial score (nSPS) is 33.4. The molecule has 8 heteroatoms. The minimum atomic E-state index is -2.10. The second-order valence-electron chi connectivity index (χ2n) is 13.0. The number of amides is 1. The Morgan fingerprint density at radius 2 is 1.82 bits per heavy atom. The largest absolute Gasteiger partial charge is 0.497 e. The molecular weight excluding hydrogens is 509 g/mol. The van der Waals surface area contributed by atoms with Gasteiger partial charge in [0.2, 0.25) is 11.7 Å². The molecule has 7 nitrogen and oxygen atoms in total. The SMILES string of the molecule is COc1ccc(C23CCC(C(F)(NC(=O)C45CC(C4)C5)c4cccc(-c5nc(C6CC6)no5)c4)(CC2)CO3)cc1. The zero-order chi connectivity index (χ0) is 27.2. The minimum Gasteiger partial charge on any atom is -0.497 e. The number of hydrogen-bond acceptors (Lipinski definition) is 6. The maximum Gasteiger partial charge on any atom is 0.257 e. The van der Waals surface area contributed by atoms with Crippen LogP contribution in [0.5, 0.6) is 5.75 Å². The highest BCUT2D eigenvalue weighted by Crippen LogP contribution is 2.66. The molecule has 1 unspecified atom stereocenters. The lowest BCUT2D eigenvalue weighted by atomic mass is 9.44. The van der Waals surface area contributed by atoms with Gasteiger partial charge >= 0.3 is 0 Å². The fourth-order valence-corrected chi connectivity index (χ4v) is 7.69. The van der Waals surface area contributed by atoms with Crippen molar-refractivity contribution in [3.8, 4) is 17.2 Å². The number of nitrogens with one attached hydrogen (secondary N) is 1. The minimum absolute atomic E-state index is 0.163. The summed E-state index contributed by atoms with van der Waals surface area (Å²) in [5.74, 6) is 0.620. The Kier molecular flexibility index (Phi) is 5.14. The third-order valence-electron chi connectivity index (χ3n) is 10.7. The Balaban J connectivity index is 1.13. The van der Waals surface area contributed by atoms with E-state index in [1.54, 1.807) is 19.2 Å². The van der Waals surface area contributed by atoms with Crippen LogP contribution in [-0.4, -0.2) is 29.8 Å². The van der Waals surface area contributed by atoms with E-state index < -0.39 is 22.2 Å². The molecule has 2 saturated heterocycles. The van der Waals surface area contributed by atoms with Crippen molar-refractivity contribution in [3.05, 3.63) is 65.5 Å². The summed E-state index contributed by atoms with van der Waals surface area (Å²) in [5, 5.41) is 7.13. The van der Waals surface area contributed by atoms with E-state index in [1.807, 2.05) is 36.4 Å². The van der Waals surface area contributed by atoms with E-state index in [9.17, 15) is 4.79 Å².